The lowest BCUT2D eigenvalue weighted by Gasteiger charge is -2.34. The maximum atomic E-state index is 12.4. The van der Waals surface area contributed by atoms with Crippen LogP contribution in [0.5, 0.6) is 0 Å². The summed E-state index contributed by atoms with van der Waals surface area (Å²) in [6.45, 7) is 6.31. The molecule has 1 heterocycles. The molecular formula is C19H28ClN3O2. The molecule has 2 N–H and O–H groups in total. The van der Waals surface area contributed by atoms with Crippen molar-refractivity contribution in [3.63, 3.8) is 0 Å². The fourth-order valence-corrected chi connectivity index (χ4v) is 3.15. The molecule has 0 spiro atoms. The SMILES string of the molecule is CCCCNC(=O)C1CCN([C@H](C)C(=O)Nc2ccc(Cl)cc2)CC1. The van der Waals surface area contributed by atoms with E-state index in [0.29, 0.717) is 5.02 Å². The molecule has 1 aromatic rings. The Morgan fingerprint density at radius 2 is 1.88 bits per heavy atom. The van der Waals surface area contributed by atoms with E-state index in [4.69, 9.17) is 11.6 Å². The van der Waals surface area contributed by atoms with Gasteiger partial charge in [0.05, 0.1) is 6.04 Å². The number of amides is 2. The first-order chi connectivity index (χ1) is 12.0. The van der Waals surface area contributed by atoms with Crippen molar-refractivity contribution >= 4 is 29.1 Å². The van der Waals surface area contributed by atoms with E-state index in [0.717, 1.165) is 51.0 Å². The number of hydrogen-bond acceptors (Lipinski definition) is 3. The first kappa shape index (κ1) is 19.7. The van der Waals surface area contributed by atoms with E-state index >= 15 is 0 Å². The molecule has 1 saturated heterocycles. The van der Waals surface area contributed by atoms with Crippen molar-refractivity contribution in [1.29, 1.82) is 0 Å². The predicted octanol–water partition coefficient (Wildman–Crippen LogP) is 3.30. The Hall–Kier alpha value is -1.59. The topological polar surface area (TPSA) is 61.4 Å². The van der Waals surface area contributed by atoms with Crippen LogP contribution in [0, 0.1) is 5.92 Å². The van der Waals surface area contributed by atoms with Gasteiger partial charge >= 0.3 is 0 Å². The minimum Gasteiger partial charge on any atom is -0.356 e. The molecule has 0 aromatic heterocycles. The molecule has 1 aliphatic rings. The van der Waals surface area contributed by atoms with Gasteiger partial charge in [-0.1, -0.05) is 24.9 Å². The largest absolute Gasteiger partial charge is 0.356 e. The van der Waals surface area contributed by atoms with Crippen molar-refractivity contribution in [1.82, 2.24) is 10.2 Å². The van der Waals surface area contributed by atoms with Crippen LogP contribution in [0.25, 0.3) is 0 Å². The molecule has 0 bridgehead atoms. The summed E-state index contributed by atoms with van der Waals surface area (Å²) in [7, 11) is 0. The lowest BCUT2D eigenvalue weighted by Crippen LogP contribution is -2.48. The number of hydrogen-bond donors (Lipinski definition) is 2. The van der Waals surface area contributed by atoms with Gasteiger partial charge in [-0.2, -0.15) is 0 Å². The Morgan fingerprint density at radius 1 is 1.24 bits per heavy atom. The van der Waals surface area contributed by atoms with Crippen LogP contribution in [0.15, 0.2) is 24.3 Å². The molecule has 0 aliphatic carbocycles. The number of benzene rings is 1. The van der Waals surface area contributed by atoms with E-state index in [-0.39, 0.29) is 23.8 Å². The molecular weight excluding hydrogens is 338 g/mol. The highest BCUT2D eigenvalue weighted by atomic mass is 35.5. The van der Waals surface area contributed by atoms with Crippen LogP contribution in [0.1, 0.15) is 39.5 Å². The molecule has 2 rings (SSSR count). The number of likely N-dealkylation sites (tertiary alicyclic amines) is 1. The molecule has 1 fully saturated rings. The van der Waals surface area contributed by atoms with Crippen molar-refractivity contribution in [3.05, 3.63) is 29.3 Å². The van der Waals surface area contributed by atoms with Gasteiger partial charge in [0.15, 0.2) is 0 Å². The average Bonchev–Trinajstić information content (AvgIpc) is 2.63. The number of nitrogens with one attached hydrogen (secondary N) is 2. The summed E-state index contributed by atoms with van der Waals surface area (Å²) >= 11 is 5.86. The fraction of sp³-hybridized carbons (Fsp3) is 0.579. The van der Waals surface area contributed by atoms with E-state index in [2.05, 4.69) is 22.5 Å². The van der Waals surface area contributed by atoms with Crippen molar-refractivity contribution in [2.45, 2.75) is 45.6 Å². The standard InChI is InChI=1S/C19H28ClN3O2/c1-3-4-11-21-19(25)15-9-12-23(13-10-15)14(2)18(24)22-17-7-5-16(20)6-8-17/h5-8,14-15H,3-4,9-13H2,1-2H3,(H,21,25)(H,22,24)/t14-/m1/s1. The van der Waals surface area contributed by atoms with E-state index < -0.39 is 0 Å². The van der Waals surface area contributed by atoms with Gasteiger partial charge in [-0.3, -0.25) is 14.5 Å². The third-order valence-corrected chi connectivity index (χ3v) is 5.02. The van der Waals surface area contributed by atoms with E-state index in [1.165, 1.54) is 0 Å². The first-order valence-corrected chi connectivity index (χ1v) is 9.47. The molecule has 2 amide bonds. The van der Waals surface area contributed by atoms with Crippen molar-refractivity contribution < 1.29 is 9.59 Å². The van der Waals surface area contributed by atoms with Gasteiger partial charge < -0.3 is 10.6 Å². The maximum Gasteiger partial charge on any atom is 0.241 e. The summed E-state index contributed by atoms with van der Waals surface area (Å²) in [4.78, 5) is 26.7. The summed E-state index contributed by atoms with van der Waals surface area (Å²) in [6, 6.07) is 6.87. The van der Waals surface area contributed by atoms with Gasteiger partial charge in [0, 0.05) is 23.2 Å². The Morgan fingerprint density at radius 3 is 2.48 bits per heavy atom. The summed E-state index contributed by atoms with van der Waals surface area (Å²) in [5.41, 5.74) is 0.742. The molecule has 0 radical (unpaired) electrons. The van der Waals surface area contributed by atoms with Gasteiger partial charge in [0.25, 0.3) is 0 Å². The lowest BCUT2D eigenvalue weighted by molar-refractivity contribution is -0.127. The smallest absolute Gasteiger partial charge is 0.241 e. The van der Waals surface area contributed by atoms with Crippen LogP contribution >= 0.6 is 11.6 Å². The number of halogens is 1. The number of piperidine rings is 1. The van der Waals surface area contributed by atoms with E-state index in [9.17, 15) is 9.59 Å². The van der Waals surface area contributed by atoms with Gasteiger partial charge in [0.1, 0.15) is 0 Å². The Labute approximate surface area is 155 Å². The lowest BCUT2D eigenvalue weighted by atomic mass is 9.95. The maximum absolute atomic E-state index is 12.4. The predicted molar refractivity (Wildman–Crippen MR) is 102 cm³/mol. The second-order valence-electron chi connectivity index (χ2n) is 6.63. The number of carbonyl (C=O) groups excluding carboxylic acids is 2. The van der Waals surface area contributed by atoms with Crippen LogP contribution in [-0.2, 0) is 9.59 Å². The van der Waals surface area contributed by atoms with Gasteiger partial charge in [0.2, 0.25) is 11.8 Å². The summed E-state index contributed by atoms with van der Waals surface area (Å²) in [6.07, 6.45) is 3.71. The highest BCUT2D eigenvalue weighted by Crippen LogP contribution is 2.20. The van der Waals surface area contributed by atoms with Crippen LogP contribution in [0.3, 0.4) is 0 Å². The highest BCUT2D eigenvalue weighted by molar-refractivity contribution is 6.30. The minimum absolute atomic E-state index is 0.0341. The Bertz CT molecular complexity index is 569. The minimum atomic E-state index is -0.222. The van der Waals surface area contributed by atoms with Crippen LogP contribution in [-0.4, -0.2) is 42.4 Å². The number of carbonyl (C=O) groups is 2. The van der Waals surface area contributed by atoms with Gasteiger partial charge in [-0.15, -0.1) is 0 Å². The second-order valence-corrected chi connectivity index (χ2v) is 7.06. The van der Waals surface area contributed by atoms with Gasteiger partial charge in [-0.05, 0) is 63.5 Å². The monoisotopic (exact) mass is 365 g/mol. The average molecular weight is 366 g/mol. The molecule has 6 heteroatoms. The van der Waals surface area contributed by atoms with Gasteiger partial charge in [-0.25, -0.2) is 0 Å². The number of unbranched alkanes of at least 4 members (excludes halogenated alkanes) is 1. The summed E-state index contributed by atoms with van der Waals surface area (Å²) in [5, 5.41) is 6.57. The van der Waals surface area contributed by atoms with E-state index in [1.54, 1.807) is 24.3 Å². The molecule has 1 aliphatic heterocycles. The van der Waals surface area contributed by atoms with Crippen molar-refractivity contribution in [3.8, 4) is 0 Å². The van der Waals surface area contributed by atoms with E-state index in [1.807, 2.05) is 6.92 Å². The van der Waals surface area contributed by atoms with Crippen LogP contribution in [0.4, 0.5) is 5.69 Å². The highest BCUT2D eigenvalue weighted by Gasteiger charge is 2.29. The van der Waals surface area contributed by atoms with Crippen molar-refractivity contribution in [2.24, 2.45) is 5.92 Å². The zero-order valence-corrected chi connectivity index (χ0v) is 15.8. The number of rotatable bonds is 7. The zero-order valence-electron chi connectivity index (χ0n) is 15.1. The van der Waals surface area contributed by atoms with Crippen LogP contribution in [0.2, 0.25) is 5.02 Å². The molecule has 5 nitrogen and oxygen atoms in total. The van der Waals surface area contributed by atoms with Crippen molar-refractivity contribution in [2.75, 3.05) is 25.0 Å². The number of anilines is 1. The van der Waals surface area contributed by atoms with Crippen LogP contribution < -0.4 is 10.6 Å². The molecule has 0 saturated carbocycles. The zero-order chi connectivity index (χ0) is 18.2. The molecule has 1 atom stereocenters. The molecule has 138 valence electrons. The number of nitrogens with zero attached hydrogens (tertiary/aromatic N) is 1. The normalized spacial score (nSPS) is 17.1. The molecule has 1 aromatic carbocycles. The molecule has 0 unspecified atom stereocenters. The third-order valence-electron chi connectivity index (χ3n) is 4.77. The summed E-state index contributed by atoms with van der Waals surface area (Å²) < 4.78 is 0. The third kappa shape index (κ3) is 6.01. The molecule has 25 heavy (non-hydrogen) atoms. The Balaban J connectivity index is 1.78. The second kappa shape index (κ2) is 9.78. The first-order valence-electron chi connectivity index (χ1n) is 9.09. The quantitative estimate of drug-likeness (QED) is 0.729. The fourth-order valence-electron chi connectivity index (χ4n) is 3.03. The Kier molecular flexibility index (Phi) is 7.72. The summed E-state index contributed by atoms with van der Waals surface area (Å²) in [5.74, 6) is 0.194.